The third kappa shape index (κ3) is 2.72. The van der Waals surface area contributed by atoms with Crippen molar-refractivity contribution in [3.8, 4) is 0 Å². The van der Waals surface area contributed by atoms with Gasteiger partial charge in [0, 0.05) is 44.4 Å². The Morgan fingerprint density at radius 2 is 2.00 bits per heavy atom. The molecule has 0 radical (unpaired) electrons. The number of nitrogens with two attached hydrogens (primary N) is 1. The van der Waals surface area contributed by atoms with E-state index in [1.807, 2.05) is 12.3 Å². The first-order valence-corrected chi connectivity index (χ1v) is 7.38. The summed E-state index contributed by atoms with van der Waals surface area (Å²) in [6, 6.07) is 4.36. The van der Waals surface area contributed by atoms with Gasteiger partial charge < -0.3 is 15.2 Å². The highest BCUT2D eigenvalue weighted by Crippen LogP contribution is 2.35. The number of pyridine rings is 1. The molecule has 0 amide bonds. The predicted octanol–water partition coefficient (Wildman–Crippen LogP) is 1.31. The van der Waals surface area contributed by atoms with Gasteiger partial charge in [0.05, 0.1) is 19.3 Å². The molecule has 110 valence electrons. The molecule has 1 spiro atoms. The maximum Gasteiger partial charge on any atom is 0.170 e. The zero-order chi connectivity index (χ0) is 14.0. The first-order chi connectivity index (χ1) is 9.70. The van der Waals surface area contributed by atoms with Gasteiger partial charge in [-0.05, 0) is 18.6 Å². The predicted molar refractivity (Wildman–Crippen MR) is 76.1 cm³/mol. The van der Waals surface area contributed by atoms with Gasteiger partial charge in [-0.2, -0.15) is 0 Å². The van der Waals surface area contributed by atoms with E-state index in [1.54, 1.807) is 6.20 Å². The minimum absolute atomic E-state index is 0.0682. The van der Waals surface area contributed by atoms with Crippen molar-refractivity contribution in [3.05, 3.63) is 30.1 Å². The molecule has 2 atom stereocenters. The van der Waals surface area contributed by atoms with Gasteiger partial charge >= 0.3 is 0 Å². The Morgan fingerprint density at radius 1 is 1.30 bits per heavy atom. The zero-order valence-corrected chi connectivity index (χ0v) is 12.0. The number of piperidine rings is 1. The first-order valence-electron chi connectivity index (χ1n) is 7.38. The second kappa shape index (κ2) is 5.77. The number of hydrogen-bond acceptors (Lipinski definition) is 5. The second-order valence-electron chi connectivity index (χ2n) is 5.73. The van der Waals surface area contributed by atoms with E-state index in [1.165, 1.54) is 5.56 Å². The second-order valence-corrected chi connectivity index (χ2v) is 5.73. The normalized spacial score (nSPS) is 25.7. The Balaban J connectivity index is 1.71. The molecule has 2 saturated heterocycles. The number of ether oxygens (including phenoxy) is 2. The summed E-state index contributed by atoms with van der Waals surface area (Å²) in [5, 5.41) is 0. The largest absolute Gasteiger partial charge is 0.347 e. The summed E-state index contributed by atoms with van der Waals surface area (Å²) in [5.74, 6) is -0.326. The average Bonchev–Trinajstić information content (AvgIpc) is 2.91. The molecule has 20 heavy (non-hydrogen) atoms. The molecular weight excluding hydrogens is 254 g/mol. The lowest BCUT2D eigenvalue weighted by atomic mass is 9.95. The fourth-order valence-electron chi connectivity index (χ4n) is 3.33. The molecule has 1 aromatic rings. The van der Waals surface area contributed by atoms with Crippen molar-refractivity contribution in [2.45, 2.75) is 37.6 Å². The van der Waals surface area contributed by atoms with E-state index in [0.29, 0.717) is 0 Å². The minimum atomic E-state index is -0.326. The fraction of sp³-hybridized carbons (Fsp3) is 0.667. The van der Waals surface area contributed by atoms with E-state index < -0.39 is 0 Å². The number of likely N-dealkylation sites (tertiary alicyclic amines) is 1. The van der Waals surface area contributed by atoms with E-state index >= 15 is 0 Å². The molecule has 0 bridgehead atoms. The molecule has 0 saturated carbocycles. The maximum absolute atomic E-state index is 6.21. The van der Waals surface area contributed by atoms with E-state index in [4.69, 9.17) is 15.2 Å². The van der Waals surface area contributed by atoms with Crippen LogP contribution in [0.25, 0.3) is 0 Å². The Bertz CT molecular complexity index is 422. The Kier molecular flexibility index (Phi) is 4.03. The monoisotopic (exact) mass is 277 g/mol. The SMILES string of the molecule is CC(N)C(c1cccnc1)N1CCC2(CC1)OCCO2. The van der Waals surface area contributed by atoms with Crippen LogP contribution < -0.4 is 5.73 Å². The summed E-state index contributed by atoms with van der Waals surface area (Å²) in [4.78, 5) is 6.65. The lowest BCUT2D eigenvalue weighted by Crippen LogP contribution is -2.49. The number of nitrogens with zero attached hydrogens (tertiary/aromatic N) is 2. The van der Waals surface area contributed by atoms with Crippen LogP contribution in [0.4, 0.5) is 0 Å². The molecule has 2 unspecified atom stereocenters. The maximum atomic E-state index is 6.21. The summed E-state index contributed by atoms with van der Waals surface area (Å²) in [6.45, 7) is 5.39. The van der Waals surface area contributed by atoms with Crippen LogP contribution in [-0.2, 0) is 9.47 Å². The molecule has 0 aromatic carbocycles. The Labute approximate surface area is 120 Å². The van der Waals surface area contributed by atoms with E-state index in [-0.39, 0.29) is 17.9 Å². The minimum Gasteiger partial charge on any atom is -0.347 e. The van der Waals surface area contributed by atoms with Gasteiger partial charge in [0.15, 0.2) is 5.79 Å². The van der Waals surface area contributed by atoms with Crippen molar-refractivity contribution < 1.29 is 9.47 Å². The Morgan fingerprint density at radius 3 is 2.55 bits per heavy atom. The van der Waals surface area contributed by atoms with Crippen molar-refractivity contribution in [2.24, 2.45) is 5.73 Å². The van der Waals surface area contributed by atoms with Gasteiger partial charge in [0.1, 0.15) is 0 Å². The highest BCUT2D eigenvalue weighted by atomic mass is 16.7. The van der Waals surface area contributed by atoms with Crippen molar-refractivity contribution in [3.63, 3.8) is 0 Å². The molecule has 5 heteroatoms. The van der Waals surface area contributed by atoms with Crippen molar-refractivity contribution in [1.29, 1.82) is 0 Å². The van der Waals surface area contributed by atoms with E-state index in [9.17, 15) is 0 Å². The molecule has 0 aliphatic carbocycles. The van der Waals surface area contributed by atoms with Crippen LogP contribution >= 0.6 is 0 Å². The molecule has 2 aliphatic heterocycles. The summed E-state index contributed by atoms with van der Waals surface area (Å²) >= 11 is 0. The van der Waals surface area contributed by atoms with Gasteiger partial charge in [-0.25, -0.2) is 0 Å². The quantitative estimate of drug-likeness (QED) is 0.902. The molecule has 1 aromatic heterocycles. The first kappa shape index (κ1) is 13.9. The van der Waals surface area contributed by atoms with Gasteiger partial charge in [-0.1, -0.05) is 6.07 Å². The topological polar surface area (TPSA) is 60.6 Å². The molecule has 2 fully saturated rings. The summed E-state index contributed by atoms with van der Waals surface area (Å²) in [7, 11) is 0. The van der Waals surface area contributed by atoms with Gasteiger partial charge in [0.2, 0.25) is 0 Å². The van der Waals surface area contributed by atoms with Crippen LogP contribution in [0.15, 0.2) is 24.5 Å². The van der Waals surface area contributed by atoms with Crippen LogP contribution in [0.3, 0.4) is 0 Å². The fourth-order valence-corrected chi connectivity index (χ4v) is 3.33. The van der Waals surface area contributed by atoms with Crippen LogP contribution in [0.5, 0.6) is 0 Å². The van der Waals surface area contributed by atoms with Crippen molar-refractivity contribution in [2.75, 3.05) is 26.3 Å². The smallest absolute Gasteiger partial charge is 0.170 e. The van der Waals surface area contributed by atoms with E-state index in [2.05, 4.69) is 22.9 Å². The van der Waals surface area contributed by atoms with Crippen LogP contribution in [0.2, 0.25) is 0 Å². The van der Waals surface area contributed by atoms with Crippen molar-refractivity contribution >= 4 is 0 Å². The van der Waals surface area contributed by atoms with Crippen LogP contribution in [0, 0.1) is 0 Å². The molecule has 2 N–H and O–H groups in total. The highest BCUT2D eigenvalue weighted by Gasteiger charge is 2.41. The standard InChI is InChI=1S/C15H23N3O2/c1-12(16)14(13-3-2-6-17-11-13)18-7-4-15(5-8-18)19-9-10-20-15/h2-3,6,11-12,14H,4-5,7-10,16H2,1H3. The number of rotatable bonds is 3. The van der Waals surface area contributed by atoms with Gasteiger partial charge in [-0.3, -0.25) is 9.88 Å². The molecule has 2 aliphatic rings. The third-order valence-corrected chi connectivity index (χ3v) is 4.29. The molecule has 3 rings (SSSR count). The number of hydrogen-bond donors (Lipinski definition) is 1. The third-order valence-electron chi connectivity index (χ3n) is 4.29. The lowest BCUT2D eigenvalue weighted by Gasteiger charge is -2.42. The summed E-state index contributed by atoms with van der Waals surface area (Å²) < 4.78 is 11.6. The molecule has 3 heterocycles. The van der Waals surface area contributed by atoms with Crippen LogP contribution in [-0.4, -0.2) is 48.0 Å². The molecule has 5 nitrogen and oxygen atoms in total. The average molecular weight is 277 g/mol. The Hall–Kier alpha value is -1.01. The summed E-state index contributed by atoms with van der Waals surface area (Å²) in [5.41, 5.74) is 7.40. The van der Waals surface area contributed by atoms with Crippen molar-refractivity contribution in [1.82, 2.24) is 9.88 Å². The lowest BCUT2D eigenvalue weighted by molar-refractivity contribution is -0.188. The van der Waals surface area contributed by atoms with Crippen LogP contribution in [0.1, 0.15) is 31.4 Å². The van der Waals surface area contributed by atoms with E-state index in [0.717, 1.165) is 39.1 Å². The van der Waals surface area contributed by atoms with Gasteiger partial charge in [0.25, 0.3) is 0 Å². The zero-order valence-electron chi connectivity index (χ0n) is 12.0. The molecular formula is C15H23N3O2. The number of aromatic nitrogens is 1. The van der Waals surface area contributed by atoms with Gasteiger partial charge in [-0.15, -0.1) is 0 Å². The highest BCUT2D eigenvalue weighted by molar-refractivity contribution is 5.16. The summed E-state index contributed by atoms with van der Waals surface area (Å²) in [6.07, 6.45) is 5.54.